The maximum Gasteiger partial charge on any atom is 0.414 e. The van der Waals surface area contributed by atoms with E-state index in [2.05, 4.69) is 13.8 Å². The second-order valence-electron chi connectivity index (χ2n) is 10.1. The molecule has 39 heavy (non-hydrogen) atoms. The van der Waals surface area contributed by atoms with E-state index in [9.17, 15) is 9.59 Å². The van der Waals surface area contributed by atoms with Crippen LogP contribution in [-0.2, 0) is 50.8 Å². The predicted molar refractivity (Wildman–Crippen MR) is 147 cm³/mol. The van der Waals surface area contributed by atoms with E-state index < -0.39 is 17.6 Å². The van der Waals surface area contributed by atoms with E-state index in [4.69, 9.17) is 28.4 Å². The van der Waals surface area contributed by atoms with Gasteiger partial charge < -0.3 is 38.2 Å². The van der Waals surface area contributed by atoms with Gasteiger partial charge in [0.2, 0.25) is 0 Å². The molecule has 0 bridgehead atoms. The third-order valence-electron chi connectivity index (χ3n) is 6.24. The molecule has 0 aliphatic rings. The van der Waals surface area contributed by atoms with Gasteiger partial charge in [-0.25, -0.2) is 9.59 Å². The highest BCUT2D eigenvalue weighted by atomic mass is 16.6. The second-order valence-corrected chi connectivity index (χ2v) is 10.1. The number of methoxy groups -OCH3 is 4. The monoisotopic (exact) mass is 546 g/mol. The zero-order valence-electron chi connectivity index (χ0n) is 24.8. The van der Waals surface area contributed by atoms with Crippen molar-refractivity contribution in [3.63, 3.8) is 0 Å². The lowest BCUT2D eigenvalue weighted by atomic mass is 9.76. The molecule has 0 heterocycles. The summed E-state index contributed by atoms with van der Waals surface area (Å²) in [6, 6.07) is 7.92. The van der Waals surface area contributed by atoms with Gasteiger partial charge >= 0.3 is 12.2 Å². The molecule has 10 nitrogen and oxygen atoms in total. The molecule has 0 saturated carbocycles. The quantitative estimate of drug-likeness (QED) is 0.377. The van der Waals surface area contributed by atoms with E-state index in [1.165, 1.54) is 9.80 Å². The van der Waals surface area contributed by atoms with Gasteiger partial charge in [0.1, 0.15) is 11.5 Å². The minimum atomic E-state index is -0.538. The van der Waals surface area contributed by atoms with Gasteiger partial charge in [-0.3, -0.25) is 0 Å². The lowest BCUT2D eigenvalue weighted by Crippen LogP contribution is -2.27. The molecule has 0 aliphatic heterocycles. The molecular formula is C29H42N2O8. The van der Waals surface area contributed by atoms with E-state index in [1.807, 2.05) is 24.3 Å². The van der Waals surface area contributed by atoms with Crippen LogP contribution in [0.25, 0.3) is 0 Å². The third-order valence-corrected chi connectivity index (χ3v) is 6.24. The van der Waals surface area contributed by atoms with Crippen molar-refractivity contribution in [2.75, 3.05) is 56.6 Å². The van der Waals surface area contributed by atoms with Crippen molar-refractivity contribution in [3.05, 3.63) is 57.6 Å². The summed E-state index contributed by atoms with van der Waals surface area (Å²) in [6.45, 7) is 5.13. The van der Waals surface area contributed by atoms with Crippen LogP contribution in [0.3, 0.4) is 0 Å². The van der Waals surface area contributed by atoms with Crippen molar-refractivity contribution < 1.29 is 38.0 Å². The highest BCUT2D eigenvalue weighted by Crippen LogP contribution is 2.40. The Morgan fingerprint density at radius 2 is 0.846 bits per heavy atom. The van der Waals surface area contributed by atoms with Crippen LogP contribution in [0.4, 0.5) is 9.59 Å². The summed E-state index contributed by atoms with van der Waals surface area (Å²) in [6.07, 6.45) is -0.985. The van der Waals surface area contributed by atoms with Gasteiger partial charge in [0, 0.05) is 84.3 Å². The van der Waals surface area contributed by atoms with E-state index in [0.29, 0.717) is 11.5 Å². The Kier molecular flexibility index (Phi) is 11.7. The van der Waals surface area contributed by atoms with Gasteiger partial charge in [0.25, 0.3) is 0 Å². The molecule has 0 atom stereocenters. The SMILES string of the molecule is COCc1cc(C(C)(C)c2cc(COC)c(OC(=O)N(C)C)c(COC)c2)cc(COC)c1OC(=O)N(C)C. The number of hydrogen-bond acceptors (Lipinski definition) is 8. The Morgan fingerprint density at radius 3 is 1.05 bits per heavy atom. The summed E-state index contributed by atoms with van der Waals surface area (Å²) in [5.41, 5.74) is 4.25. The zero-order chi connectivity index (χ0) is 29.3. The lowest BCUT2D eigenvalue weighted by Gasteiger charge is -2.30. The molecule has 10 heteroatoms. The molecule has 2 aromatic carbocycles. The van der Waals surface area contributed by atoms with Crippen LogP contribution in [0.1, 0.15) is 47.2 Å². The Balaban J connectivity index is 2.75. The molecule has 0 unspecified atom stereocenters. The van der Waals surface area contributed by atoms with E-state index >= 15 is 0 Å². The summed E-state index contributed by atoms with van der Waals surface area (Å²) in [5, 5.41) is 0. The van der Waals surface area contributed by atoms with Gasteiger partial charge in [-0.2, -0.15) is 0 Å². The molecule has 2 aromatic rings. The highest BCUT2D eigenvalue weighted by molar-refractivity contribution is 5.72. The molecular weight excluding hydrogens is 504 g/mol. The van der Waals surface area contributed by atoms with Crippen molar-refractivity contribution in [1.82, 2.24) is 9.80 Å². The van der Waals surface area contributed by atoms with E-state index in [0.717, 1.165) is 33.4 Å². The van der Waals surface area contributed by atoms with Crippen LogP contribution in [0.15, 0.2) is 24.3 Å². The number of rotatable bonds is 12. The van der Waals surface area contributed by atoms with Crippen LogP contribution in [-0.4, -0.2) is 78.6 Å². The largest absolute Gasteiger partial charge is 0.414 e. The van der Waals surface area contributed by atoms with Crippen LogP contribution >= 0.6 is 0 Å². The Bertz CT molecular complexity index is 1000. The first-order valence-corrected chi connectivity index (χ1v) is 12.5. The maximum absolute atomic E-state index is 12.4. The number of carbonyl (C=O) groups excluding carboxylic acids is 2. The average molecular weight is 547 g/mol. The maximum atomic E-state index is 12.4. The topological polar surface area (TPSA) is 96.0 Å². The molecule has 0 aliphatic carbocycles. The lowest BCUT2D eigenvalue weighted by molar-refractivity contribution is 0.156. The number of carbonyl (C=O) groups is 2. The normalized spacial score (nSPS) is 11.3. The molecule has 2 amide bonds. The summed E-state index contributed by atoms with van der Waals surface area (Å²) in [5.74, 6) is 0.839. The standard InChI is InChI=1S/C29H42N2O8/c1-29(2,23-11-19(15-34-7)25(20(12-23)16-35-8)38-27(32)30(3)4)24-13-21(17-36-9)26(22(14-24)18-37-10)39-28(33)31(5)6/h11-14H,15-18H2,1-10H3. The first-order valence-electron chi connectivity index (χ1n) is 12.5. The summed E-state index contributed by atoms with van der Waals surface area (Å²) in [4.78, 5) is 27.6. The number of nitrogens with zero attached hydrogens (tertiary/aromatic N) is 2. The summed E-state index contributed by atoms with van der Waals surface area (Å²) < 4.78 is 33.3. The molecule has 0 saturated heterocycles. The van der Waals surface area contributed by atoms with Gasteiger partial charge in [0.05, 0.1) is 26.4 Å². The Morgan fingerprint density at radius 1 is 0.590 bits per heavy atom. The van der Waals surface area contributed by atoms with Gasteiger partial charge in [-0.1, -0.05) is 13.8 Å². The smallest absolute Gasteiger partial charge is 0.409 e. The summed E-state index contributed by atoms with van der Waals surface area (Å²) in [7, 11) is 12.9. The second kappa shape index (κ2) is 14.3. The number of ether oxygens (including phenoxy) is 6. The number of benzene rings is 2. The molecule has 0 radical (unpaired) electrons. The predicted octanol–water partition coefficient (Wildman–Crippen LogP) is 4.72. The van der Waals surface area contributed by atoms with Crippen molar-refractivity contribution in [1.29, 1.82) is 0 Å². The molecule has 216 valence electrons. The first-order chi connectivity index (χ1) is 18.4. The van der Waals surface area contributed by atoms with Crippen LogP contribution in [0.5, 0.6) is 11.5 Å². The Labute approximate surface area is 231 Å². The third kappa shape index (κ3) is 7.92. The highest BCUT2D eigenvalue weighted by Gasteiger charge is 2.29. The molecule has 0 spiro atoms. The number of amides is 2. The minimum absolute atomic E-state index is 0.236. The summed E-state index contributed by atoms with van der Waals surface area (Å²) >= 11 is 0. The fourth-order valence-electron chi connectivity index (χ4n) is 4.07. The van der Waals surface area contributed by atoms with Gasteiger partial charge in [-0.15, -0.1) is 0 Å². The molecule has 0 aromatic heterocycles. The van der Waals surface area contributed by atoms with Crippen molar-refractivity contribution in [3.8, 4) is 11.5 Å². The fraction of sp³-hybridized carbons (Fsp3) is 0.517. The molecule has 2 rings (SSSR count). The van der Waals surface area contributed by atoms with Gasteiger partial charge in [0.15, 0.2) is 0 Å². The van der Waals surface area contributed by atoms with Crippen molar-refractivity contribution in [2.24, 2.45) is 0 Å². The molecule has 0 N–H and O–H groups in total. The van der Waals surface area contributed by atoms with Crippen LogP contribution < -0.4 is 9.47 Å². The van der Waals surface area contributed by atoms with Crippen LogP contribution in [0.2, 0.25) is 0 Å². The Hall–Kier alpha value is -3.18. The average Bonchev–Trinajstić information content (AvgIpc) is 2.87. The van der Waals surface area contributed by atoms with Crippen LogP contribution in [0, 0.1) is 0 Å². The number of hydrogen-bond donors (Lipinski definition) is 0. The zero-order valence-corrected chi connectivity index (χ0v) is 24.8. The fourth-order valence-corrected chi connectivity index (χ4v) is 4.07. The van der Waals surface area contributed by atoms with E-state index in [-0.39, 0.29) is 26.4 Å². The minimum Gasteiger partial charge on any atom is -0.409 e. The van der Waals surface area contributed by atoms with E-state index in [1.54, 1.807) is 56.6 Å². The first kappa shape index (κ1) is 32.0. The van der Waals surface area contributed by atoms with Crippen molar-refractivity contribution in [2.45, 2.75) is 45.7 Å². The molecule has 0 fully saturated rings. The van der Waals surface area contributed by atoms with Gasteiger partial charge in [-0.05, 0) is 35.4 Å². The van der Waals surface area contributed by atoms with Crippen molar-refractivity contribution >= 4 is 12.2 Å².